The Labute approximate surface area is 169 Å². The largest absolute Gasteiger partial charge is 0.206 e. The van der Waals surface area contributed by atoms with Gasteiger partial charge >= 0.3 is 0 Å². The molecule has 1 unspecified atom stereocenters. The van der Waals surface area contributed by atoms with Crippen LogP contribution >= 0.6 is 0 Å². The average Bonchev–Trinajstić information content (AvgIpc) is 2.74. The number of hydrogen-bond acceptors (Lipinski definition) is 0. The quantitative estimate of drug-likeness (QED) is 0.448. The van der Waals surface area contributed by atoms with Crippen LogP contribution in [0.2, 0.25) is 0 Å². The summed E-state index contributed by atoms with van der Waals surface area (Å²) in [5.74, 6) is 3.23. The minimum Gasteiger partial charge on any atom is -0.206 e. The Bertz CT molecular complexity index is 1100. The lowest BCUT2D eigenvalue weighted by atomic mass is 9.79. The molecule has 4 rings (SSSR count). The molecule has 29 heavy (non-hydrogen) atoms. The molecular weight excluding hydrogens is 369 g/mol. The van der Waals surface area contributed by atoms with Gasteiger partial charge in [0.25, 0.3) is 0 Å². The van der Waals surface area contributed by atoms with Gasteiger partial charge in [0.15, 0.2) is 11.6 Å². The predicted octanol–water partition coefficient (Wildman–Crippen LogP) is 6.34. The van der Waals surface area contributed by atoms with E-state index in [0.717, 1.165) is 42.9 Å². The van der Waals surface area contributed by atoms with Gasteiger partial charge in [0.05, 0.1) is 11.1 Å². The fourth-order valence-corrected chi connectivity index (χ4v) is 3.92. The Hall–Kier alpha value is -2.99. The smallest absolute Gasteiger partial charge is 0.174 e. The van der Waals surface area contributed by atoms with Crippen molar-refractivity contribution in [2.24, 2.45) is 0 Å². The van der Waals surface area contributed by atoms with Gasteiger partial charge in [-0.15, -0.1) is 0 Å². The van der Waals surface area contributed by atoms with Crippen molar-refractivity contribution in [3.8, 4) is 11.8 Å². The van der Waals surface area contributed by atoms with Gasteiger partial charge in [-0.2, -0.15) is 0 Å². The second-order valence-electron chi connectivity index (χ2n) is 7.49. The molecule has 3 aromatic carbocycles. The SMILES string of the molecule is CCc1ccc(C2CCc3cc(C#Cc4cccc(F)c4F)c(F)cc3C2)cc1. The molecule has 3 heteroatoms. The van der Waals surface area contributed by atoms with Crippen molar-refractivity contribution in [2.75, 3.05) is 0 Å². The molecule has 0 nitrogen and oxygen atoms in total. The van der Waals surface area contributed by atoms with E-state index in [4.69, 9.17) is 0 Å². The van der Waals surface area contributed by atoms with Crippen molar-refractivity contribution in [3.63, 3.8) is 0 Å². The molecule has 0 radical (unpaired) electrons. The van der Waals surface area contributed by atoms with E-state index in [1.807, 2.05) is 0 Å². The van der Waals surface area contributed by atoms with E-state index in [-0.39, 0.29) is 11.1 Å². The van der Waals surface area contributed by atoms with E-state index in [0.29, 0.717) is 5.92 Å². The second kappa shape index (κ2) is 8.17. The van der Waals surface area contributed by atoms with Gasteiger partial charge in [-0.25, -0.2) is 13.2 Å². The van der Waals surface area contributed by atoms with Gasteiger partial charge < -0.3 is 0 Å². The first-order chi connectivity index (χ1) is 14.0. The van der Waals surface area contributed by atoms with Crippen molar-refractivity contribution in [1.82, 2.24) is 0 Å². The summed E-state index contributed by atoms with van der Waals surface area (Å²) in [7, 11) is 0. The average molecular weight is 390 g/mol. The van der Waals surface area contributed by atoms with Gasteiger partial charge in [0.2, 0.25) is 0 Å². The van der Waals surface area contributed by atoms with Crippen LogP contribution < -0.4 is 0 Å². The van der Waals surface area contributed by atoms with E-state index >= 15 is 0 Å². The van der Waals surface area contributed by atoms with E-state index in [1.165, 1.54) is 23.3 Å². The molecule has 1 atom stereocenters. The molecule has 0 heterocycles. The lowest BCUT2D eigenvalue weighted by Gasteiger charge is -2.25. The van der Waals surface area contributed by atoms with Gasteiger partial charge in [-0.05, 0) is 78.1 Å². The first-order valence-corrected chi connectivity index (χ1v) is 9.91. The summed E-state index contributed by atoms with van der Waals surface area (Å²) >= 11 is 0. The van der Waals surface area contributed by atoms with Crippen LogP contribution in [0, 0.1) is 29.3 Å². The highest BCUT2D eigenvalue weighted by Crippen LogP contribution is 2.34. The third-order valence-electron chi connectivity index (χ3n) is 5.66. The van der Waals surface area contributed by atoms with Crippen LogP contribution in [-0.4, -0.2) is 0 Å². The summed E-state index contributed by atoms with van der Waals surface area (Å²) in [5.41, 5.74) is 4.83. The zero-order valence-corrected chi connectivity index (χ0v) is 16.2. The molecule has 1 aliphatic carbocycles. The highest BCUT2D eigenvalue weighted by Gasteiger charge is 2.21. The van der Waals surface area contributed by atoms with Crippen molar-refractivity contribution in [3.05, 3.63) is 105 Å². The number of rotatable bonds is 2. The Morgan fingerprint density at radius 3 is 2.38 bits per heavy atom. The zero-order chi connectivity index (χ0) is 20.4. The number of aryl methyl sites for hydroxylation is 2. The summed E-state index contributed by atoms with van der Waals surface area (Å²) in [6.07, 6.45) is 3.65. The van der Waals surface area contributed by atoms with Crippen molar-refractivity contribution < 1.29 is 13.2 Å². The maximum absolute atomic E-state index is 14.6. The standard InChI is InChI=1S/C26H21F3/c1-2-17-6-8-18(9-7-17)20-11-12-21-14-22(25(28)16-23(21)15-20)13-10-19-4-3-5-24(27)26(19)29/h3-9,14,16,20H,2,11-12,15H2,1H3. The number of fused-ring (bicyclic) bond motifs is 1. The maximum atomic E-state index is 14.6. The van der Waals surface area contributed by atoms with E-state index < -0.39 is 17.5 Å². The summed E-state index contributed by atoms with van der Waals surface area (Å²) in [6, 6.07) is 15.8. The van der Waals surface area contributed by atoms with Gasteiger partial charge in [-0.1, -0.05) is 49.1 Å². The van der Waals surface area contributed by atoms with Gasteiger partial charge in [-0.3, -0.25) is 0 Å². The molecule has 0 spiro atoms. The Morgan fingerprint density at radius 1 is 0.862 bits per heavy atom. The fourth-order valence-electron chi connectivity index (χ4n) is 3.92. The minimum atomic E-state index is -1.00. The molecule has 0 N–H and O–H groups in total. The lowest BCUT2D eigenvalue weighted by molar-refractivity contribution is 0.506. The van der Waals surface area contributed by atoms with Crippen LogP contribution in [0.4, 0.5) is 13.2 Å². The van der Waals surface area contributed by atoms with Crippen LogP contribution in [0.3, 0.4) is 0 Å². The van der Waals surface area contributed by atoms with Crippen LogP contribution in [-0.2, 0) is 19.3 Å². The number of benzene rings is 3. The maximum Gasteiger partial charge on any atom is 0.174 e. The molecule has 0 saturated carbocycles. The van der Waals surface area contributed by atoms with Crippen molar-refractivity contribution in [2.45, 2.75) is 38.5 Å². The predicted molar refractivity (Wildman–Crippen MR) is 109 cm³/mol. The summed E-state index contributed by atoms with van der Waals surface area (Å²) < 4.78 is 41.7. The van der Waals surface area contributed by atoms with Crippen molar-refractivity contribution in [1.29, 1.82) is 0 Å². The molecule has 0 aliphatic heterocycles. The van der Waals surface area contributed by atoms with E-state index in [1.54, 1.807) is 12.1 Å². The monoisotopic (exact) mass is 390 g/mol. The normalized spacial score (nSPS) is 15.4. The molecule has 3 aromatic rings. The molecule has 0 bridgehead atoms. The number of halogens is 3. The minimum absolute atomic E-state index is 0.0716. The molecular formula is C26H21F3. The Kier molecular flexibility index (Phi) is 5.45. The first-order valence-electron chi connectivity index (χ1n) is 9.91. The third-order valence-corrected chi connectivity index (χ3v) is 5.66. The molecule has 0 amide bonds. The summed E-state index contributed by atoms with van der Waals surface area (Å²) in [4.78, 5) is 0. The first kappa shape index (κ1) is 19.3. The van der Waals surface area contributed by atoms with E-state index in [2.05, 4.69) is 43.0 Å². The van der Waals surface area contributed by atoms with Crippen LogP contribution in [0.1, 0.15) is 52.6 Å². The van der Waals surface area contributed by atoms with Gasteiger partial charge in [0, 0.05) is 0 Å². The number of hydrogen-bond donors (Lipinski definition) is 0. The Morgan fingerprint density at radius 2 is 1.62 bits per heavy atom. The molecule has 0 saturated heterocycles. The second-order valence-corrected chi connectivity index (χ2v) is 7.49. The van der Waals surface area contributed by atoms with Crippen LogP contribution in [0.25, 0.3) is 0 Å². The molecule has 0 fully saturated rings. The lowest BCUT2D eigenvalue weighted by Crippen LogP contribution is -2.13. The van der Waals surface area contributed by atoms with Gasteiger partial charge in [0.1, 0.15) is 5.82 Å². The molecule has 0 aromatic heterocycles. The van der Waals surface area contributed by atoms with Crippen molar-refractivity contribution >= 4 is 0 Å². The highest BCUT2D eigenvalue weighted by molar-refractivity contribution is 5.48. The van der Waals surface area contributed by atoms with E-state index in [9.17, 15) is 13.2 Å². The summed E-state index contributed by atoms with van der Waals surface area (Å²) in [6.45, 7) is 2.14. The van der Waals surface area contributed by atoms with Crippen LogP contribution in [0.15, 0.2) is 54.6 Å². The zero-order valence-electron chi connectivity index (χ0n) is 16.2. The Balaban J connectivity index is 1.58. The summed E-state index contributed by atoms with van der Waals surface area (Å²) in [5, 5.41) is 0. The van der Waals surface area contributed by atoms with Crippen LogP contribution in [0.5, 0.6) is 0 Å². The topological polar surface area (TPSA) is 0 Å². The molecule has 1 aliphatic rings. The fraction of sp³-hybridized carbons (Fsp3) is 0.231. The highest BCUT2D eigenvalue weighted by atomic mass is 19.2. The third kappa shape index (κ3) is 4.07. The molecule has 146 valence electrons.